The molecule has 6 heteroatoms. The maximum absolute atomic E-state index is 13.6. The molecule has 35 heavy (non-hydrogen) atoms. The van der Waals surface area contributed by atoms with E-state index >= 15 is 0 Å². The Bertz CT molecular complexity index is 1190. The molecule has 2 aliphatic rings. The number of hydrogen-bond donors (Lipinski definition) is 1. The smallest absolute Gasteiger partial charge is 0.321 e. The molecule has 0 radical (unpaired) electrons. The Morgan fingerprint density at radius 1 is 0.943 bits per heavy atom. The zero-order valence-corrected chi connectivity index (χ0v) is 20.6. The molecule has 2 aromatic carbocycles. The summed E-state index contributed by atoms with van der Waals surface area (Å²) in [5.41, 5.74) is 2.67. The van der Waals surface area contributed by atoms with Crippen LogP contribution in [0, 0.1) is 5.41 Å². The van der Waals surface area contributed by atoms with Crippen LogP contribution in [0.25, 0.3) is 0 Å². The molecule has 1 aromatic heterocycles. The summed E-state index contributed by atoms with van der Waals surface area (Å²) in [6.45, 7) is 7.59. The number of urea groups is 1. The molecule has 1 N–H and O–H groups in total. The summed E-state index contributed by atoms with van der Waals surface area (Å²) in [7, 11) is 0. The highest BCUT2D eigenvalue weighted by molar-refractivity contribution is 6.06. The first-order valence-corrected chi connectivity index (χ1v) is 12.3. The standard InChI is InChI=1S/C29H32N4O2/c1-28(2,3)22-12-14-23(15-13-22)31-27(35)32-19-16-29(17-20-32)25(21-9-5-4-6-10-21)33(26(29)34)24-11-7-8-18-30-24/h4-15,18,25H,16-17,19-20H2,1-3H3,(H,31,35). The lowest BCUT2D eigenvalue weighted by molar-refractivity contribution is -0.144. The van der Waals surface area contributed by atoms with Crippen molar-refractivity contribution in [3.63, 3.8) is 0 Å². The van der Waals surface area contributed by atoms with E-state index in [4.69, 9.17) is 0 Å². The number of carbonyl (C=O) groups is 2. The van der Waals surface area contributed by atoms with E-state index in [2.05, 4.69) is 55.3 Å². The van der Waals surface area contributed by atoms with Gasteiger partial charge in [-0.3, -0.25) is 9.69 Å². The quantitative estimate of drug-likeness (QED) is 0.496. The van der Waals surface area contributed by atoms with Gasteiger partial charge in [-0.2, -0.15) is 0 Å². The minimum Gasteiger partial charge on any atom is -0.324 e. The van der Waals surface area contributed by atoms with Gasteiger partial charge in [0.15, 0.2) is 0 Å². The molecular formula is C29H32N4O2. The van der Waals surface area contributed by atoms with Gasteiger partial charge >= 0.3 is 6.03 Å². The number of β-lactam (4-membered cyclic amide) rings is 1. The molecule has 6 nitrogen and oxygen atoms in total. The zero-order chi connectivity index (χ0) is 24.6. The molecule has 180 valence electrons. The van der Waals surface area contributed by atoms with Crippen LogP contribution >= 0.6 is 0 Å². The summed E-state index contributed by atoms with van der Waals surface area (Å²) < 4.78 is 0. The maximum atomic E-state index is 13.6. The van der Waals surface area contributed by atoms with E-state index in [1.54, 1.807) is 6.20 Å². The van der Waals surface area contributed by atoms with E-state index in [9.17, 15) is 9.59 Å². The van der Waals surface area contributed by atoms with Crippen molar-refractivity contribution in [3.05, 3.63) is 90.1 Å². The molecule has 1 unspecified atom stereocenters. The fourth-order valence-corrected chi connectivity index (χ4v) is 5.34. The molecule has 2 aliphatic heterocycles. The number of aromatic nitrogens is 1. The number of piperidine rings is 1. The maximum Gasteiger partial charge on any atom is 0.321 e. The Hall–Kier alpha value is -3.67. The molecular weight excluding hydrogens is 436 g/mol. The van der Waals surface area contributed by atoms with Crippen LogP contribution in [0.1, 0.15) is 50.8 Å². The summed E-state index contributed by atoms with van der Waals surface area (Å²) in [6.07, 6.45) is 2.98. The molecule has 0 bridgehead atoms. The van der Waals surface area contributed by atoms with Gasteiger partial charge in [-0.05, 0) is 53.6 Å². The van der Waals surface area contributed by atoms with E-state index in [1.807, 2.05) is 58.3 Å². The number of nitrogens with zero attached hydrogens (tertiary/aromatic N) is 3. The molecule has 1 atom stereocenters. The predicted octanol–water partition coefficient (Wildman–Crippen LogP) is 5.78. The normalized spacial score (nSPS) is 19.4. The highest BCUT2D eigenvalue weighted by Crippen LogP contribution is 2.57. The summed E-state index contributed by atoms with van der Waals surface area (Å²) in [5, 5.41) is 3.02. The minimum absolute atomic E-state index is 0.0669. The fraction of sp³-hybridized carbons (Fsp3) is 0.345. The molecule has 3 aromatic rings. The van der Waals surface area contributed by atoms with Crippen molar-refractivity contribution in [2.45, 2.75) is 45.1 Å². The van der Waals surface area contributed by atoms with Crippen LogP contribution in [-0.4, -0.2) is 34.9 Å². The topological polar surface area (TPSA) is 65.5 Å². The van der Waals surface area contributed by atoms with Crippen molar-refractivity contribution < 1.29 is 9.59 Å². The lowest BCUT2D eigenvalue weighted by Gasteiger charge is -2.58. The number of rotatable bonds is 3. The van der Waals surface area contributed by atoms with E-state index in [-0.39, 0.29) is 23.4 Å². The number of nitrogens with one attached hydrogen (secondary N) is 1. The number of anilines is 2. The first-order chi connectivity index (χ1) is 16.8. The number of benzene rings is 2. The van der Waals surface area contributed by atoms with Gasteiger partial charge in [0, 0.05) is 25.0 Å². The van der Waals surface area contributed by atoms with E-state index in [0.29, 0.717) is 31.7 Å². The number of pyridine rings is 1. The van der Waals surface area contributed by atoms with Crippen molar-refractivity contribution in [3.8, 4) is 0 Å². The van der Waals surface area contributed by atoms with Crippen molar-refractivity contribution in [2.24, 2.45) is 5.41 Å². The molecule has 1 spiro atoms. The third kappa shape index (κ3) is 4.18. The van der Waals surface area contributed by atoms with Gasteiger partial charge in [-0.25, -0.2) is 9.78 Å². The van der Waals surface area contributed by atoms with Gasteiger partial charge in [0.2, 0.25) is 5.91 Å². The average Bonchev–Trinajstić information content (AvgIpc) is 2.87. The van der Waals surface area contributed by atoms with Gasteiger partial charge in [-0.1, -0.05) is 69.3 Å². The van der Waals surface area contributed by atoms with Gasteiger partial charge < -0.3 is 10.2 Å². The summed E-state index contributed by atoms with van der Waals surface area (Å²) in [4.78, 5) is 34.7. The Morgan fingerprint density at radius 3 is 2.20 bits per heavy atom. The van der Waals surface area contributed by atoms with Crippen LogP contribution in [0.4, 0.5) is 16.3 Å². The highest BCUT2D eigenvalue weighted by Gasteiger charge is 2.62. The van der Waals surface area contributed by atoms with Crippen molar-refractivity contribution in [1.82, 2.24) is 9.88 Å². The van der Waals surface area contributed by atoms with Gasteiger partial charge in [0.25, 0.3) is 0 Å². The largest absolute Gasteiger partial charge is 0.324 e. The second-order valence-corrected chi connectivity index (χ2v) is 10.6. The van der Waals surface area contributed by atoms with E-state index in [0.717, 1.165) is 11.3 Å². The lowest BCUT2D eigenvalue weighted by atomic mass is 9.62. The lowest BCUT2D eigenvalue weighted by Crippen LogP contribution is -2.67. The van der Waals surface area contributed by atoms with Crippen LogP contribution in [0.5, 0.6) is 0 Å². The first kappa shape index (κ1) is 23.1. The zero-order valence-electron chi connectivity index (χ0n) is 20.6. The van der Waals surface area contributed by atoms with Crippen LogP contribution < -0.4 is 10.2 Å². The van der Waals surface area contributed by atoms with Crippen molar-refractivity contribution >= 4 is 23.4 Å². The SMILES string of the molecule is CC(C)(C)c1ccc(NC(=O)N2CCC3(CC2)C(=O)N(c2ccccn2)C3c2ccccc2)cc1. The molecule has 2 saturated heterocycles. The minimum atomic E-state index is -0.510. The van der Waals surface area contributed by atoms with E-state index in [1.165, 1.54) is 5.56 Å². The Morgan fingerprint density at radius 2 is 1.60 bits per heavy atom. The van der Waals surface area contributed by atoms with Crippen LogP contribution in [-0.2, 0) is 10.2 Å². The third-order valence-corrected chi connectivity index (χ3v) is 7.38. The Labute approximate surface area is 207 Å². The second kappa shape index (κ2) is 8.84. The van der Waals surface area contributed by atoms with Crippen LogP contribution in [0.15, 0.2) is 79.0 Å². The summed E-state index contributed by atoms with van der Waals surface area (Å²) in [6, 6.07) is 23.6. The summed E-state index contributed by atoms with van der Waals surface area (Å²) in [5.74, 6) is 0.777. The summed E-state index contributed by atoms with van der Waals surface area (Å²) >= 11 is 0. The first-order valence-electron chi connectivity index (χ1n) is 12.3. The number of likely N-dealkylation sites (tertiary alicyclic amines) is 1. The molecule has 3 amide bonds. The van der Waals surface area contributed by atoms with E-state index < -0.39 is 5.41 Å². The van der Waals surface area contributed by atoms with Gasteiger partial charge in [0.1, 0.15) is 5.82 Å². The van der Waals surface area contributed by atoms with Gasteiger partial charge in [0.05, 0.1) is 11.5 Å². The van der Waals surface area contributed by atoms with Gasteiger partial charge in [-0.15, -0.1) is 0 Å². The molecule has 3 heterocycles. The molecule has 0 aliphatic carbocycles. The number of hydrogen-bond acceptors (Lipinski definition) is 3. The molecule has 5 rings (SSSR count). The third-order valence-electron chi connectivity index (χ3n) is 7.38. The average molecular weight is 469 g/mol. The molecule has 2 fully saturated rings. The van der Waals surface area contributed by atoms with Crippen LogP contribution in [0.2, 0.25) is 0 Å². The Balaban J connectivity index is 1.30. The Kier molecular flexibility index (Phi) is 5.83. The van der Waals surface area contributed by atoms with Crippen molar-refractivity contribution in [2.75, 3.05) is 23.3 Å². The fourth-order valence-electron chi connectivity index (χ4n) is 5.34. The number of amides is 3. The second-order valence-electron chi connectivity index (χ2n) is 10.6. The monoisotopic (exact) mass is 468 g/mol. The van der Waals surface area contributed by atoms with Crippen molar-refractivity contribution in [1.29, 1.82) is 0 Å². The highest BCUT2D eigenvalue weighted by atomic mass is 16.2. The van der Waals surface area contributed by atoms with Crippen LogP contribution in [0.3, 0.4) is 0 Å². The number of carbonyl (C=O) groups excluding carboxylic acids is 2. The predicted molar refractivity (Wildman–Crippen MR) is 138 cm³/mol. The molecule has 0 saturated carbocycles.